The molecule has 1 fully saturated rings. The van der Waals surface area contributed by atoms with Crippen LogP contribution in [-0.2, 0) is 9.59 Å². The van der Waals surface area contributed by atoms with Gasteiger partial charge in [0.15, 0.2) is 0 Å². The molecule has 166 valence electrons. The molecule has 5 nitrogen and oxygen atoms in total. The zero-order chi connectivity index (χ0) is 23.4. The molecule has 3 amide bonds. The van der Waals surface area contributed by atoms with Crippen molar-refractivity contribution >= 4 is 74.9 Å². The first-order valence-electron chi connectivity index (χ1n) is 10.0. The molecule has 8 heteroatoms. The van der Waals surface area contributed by atoms with Crippen molar-refractivity contribution < 1.29 is 14.4 Å². The number of aryl methyl sites for hydroxylation is 1. The SMILES string of the molecule is Cc1ccc(Sc2ccc(/C=C3\SC(=O)N(CC(=O)Nc4ccc(I)cc4)C3=O)cc2)cc1. The molecule has 0 aliphatic carbocycles. The predicted molar refractivity (Wildman–Crippen MR) is 142 cm³/mol. The maximum atomic E-state index is 12.7. The minimum absolute atomic E-state index is 0.306. The molecule has 1 aliphatic rings. The van der Waals surface area contributed by atoms with Crippen LogP contribution in [0.15, 0.2) is 87.5 Å². The molecule has 0 spiro atoms. The van der Waals surface area contributed by atoms with E-state index in [0.29, 0.717) is 10.6 Å². The number of hydrogen-bond donors (Lipinski definition) is 1. The second-order valence-corrected chi connectivity index (χ2v) is 10.7. The lowest BCUT2D eigenvalue weighted by atomic mass is 10.2. The number of thioether (sulfide) groups is 1. The van der Waals surface area contributed by atoms with E-state index in [2.05, 4.69) is 59.1 Å². The average molecular weight is 586 g/mol. The van der Waals surface area contributed by atoms with E-state index in [1.165, 1.54) is 5.56 Å². The number of amides is 3. The van der Waals surface area contributed by atoms with Crippen LogP contribution in [0.25, 0.3) is 6.08 Å². The molecule has 4 rings (SSSR count). The zero-order valence-corrected chi connectivity index (χ0v) is 21.4. The van der Waals surface area contributed by atoms with Gasteiger partial charge in [0.05, 0.1) is 4.91 Å². The molecule has 1 saturated heterocycles. The number of anilines is 1. The van der Waals surface area contributed by atoms with Gasteiger partial charge in [0.1, 0.15) is 6.54 Å². The first-order chi connectivity index (χ1) is 15.9. The summed E-state index contributed by atoms with van der Waals surface area (Å²) in [4.78, 5) is 40.9. The topological polar surface area (TPSA) is 66.5 Å². The highest BCUT2D eigenvalue weighted by Crippen LogP contribution is 2.33. The van der Waals surface area contributed by atoms with E-state index < -0.39 is 17.1 Å². The Labute approximate surface area is 214 Å². The largest absolute Gasteiger partial charge is 0.325 e. The third kappa shape index (κ3) is 6.27. The molecule has 1 heterocycles. The van der Waals surface area contributed by atoms with Crippen LogP contribution in [0.2, 0.25) is 0 Å². The number of rotatable bonds is 6. The summed E-state index contributed by atoms with van der Waals surface area (Å²) in [5.74, 6) is -0.877. The van der Waals surface area contributed by atoms with Crippen molar-refractivity contribution in [1.29, 1.82) is 0 Å². The highest BCUT2D eigenvalue weighted by Gasteiger charge is 2.36. The minimum Gasteiger partial charge on any atom is -0.325 e. The number of nitrogens with zero attached hydrogens (tertiary/aromatic N) is 1. The summed E-state index contributed by atoms with van der Waals surface area (Å²) in [7, 11) is 0. The predicted octanol–water partition coefficient (Wildman–Crippen LogP) is 6.43. The first-order valence-corrected chi connectivity index (χ1v) is 12.7. The molecule has 1 N–H and O–H groups in total. The lowest BCUT2D eigenvalue weighted by Crippen LogP contribution is -2.36. The van der Waals surface area contributed by atoms with Gasteiger partial charge in [-0.2, -0.15) is 0 Å². The van der Waals surface area contributed by atoms with Crippen LogP contribution in [0, 0.1) is 10.5 Å². The smallest absolute Gasteiger partial charge is 0.294 e. The number of hydrogen-bond acceptors (Lipinski definition) is 5. The fraction of sp³-hybridized carbons (Fsp3) is 0.0800. The summed E-state index contributed by atoms with van der Waals surface area (Å²) in [5.41, 5.74) is 2.65. The molecular formula is C25H19IN2O3S2. The Morgan fingerprint density at radius 1 is 0.970 bits per heavy atom. The summed E-state index contributed by atoms with van der Waals surface area (Å²) >= 11 is 4.68. The van der Waals surface area contributed by atoms with E-state index in [1.54, 1.807) is 30.0 Å². The van der Waals surface area contributed by atoms with Crippen LogP contribution >= 0.6 is 46.1 Å². The van der Waals surface area contributed by atoms with Crippen molar-refractivity contribution in [2.45, 2.75) is 16.7 Å². The van der Waals surface area contributed by atoms with Crippen LogP contribution in [-0.4, -0.2) is 28.5 Å². The van der Waals surface area contributed by atoms with Gasteiger partial charge in [-0.05, 0) is 101 Å². The van der Waals surface area contributed by atoms with E-state index in [-0.39, 0.29) is 6.54 Å². The lowest BCUT2D eigenvalue weighted by molar-refractivity contribution is -0.127. The molecule has 0 saturated carbocycles. The van der Waals surface area contributed by atoms with Gasteiger partial charge in [-0.15, -0.1) is 0 Å². The average Bonchev–Trinajstić information content (AvgIpc) is 3.05. The van der Waals surface area contributed by atoms with Gasteiger partial charge in [0, 0.05) is 19.0 Å². The maximum absolute atomic E-state index is 12.7. The van der Waals surface area contributed by atoms with E-state index >= 15 is 0 Å². The third-order valence-electron chi connectivity index (χ3n) is 4.74. The van der Waals surface area contributed by atoms with E-state index in [9.17, 15) is 14.4 Å². The van der Waals surface area contributed by atoms with Crippen molar-refractivity contribution in [3.05, 3.63) is 92.4 Å². The molecular weight excluding hydrogens is 567 g/mol. The summed E-state index contributed by atoms with van der Waals surface area (Å²) in [5, 5.41) is 2.26. The molecule has 0 atom stereocenters. The van der Waals surface area contributed by atoms with Crippen molar-refractivity contribution in [2.75, 3.05) is 11.9 Å². The zero-order valence-electron chi connectivity index (χ0n) is 17.6. The van der Waals surface area contributed by atoms with Crippen molar-refractivity contribution in [3.8, 4) is 0 Å². The molecule has 0 bridgehead atoms. The van der Waals surface area contributed by atoms with Gasteiger partial charge in [0.2, 0.25) is 5.91 Å². The van der Waals surface area contributed by atoms with Crippen LogP contribution in [0.3, 0.4) is 0 Å². The molecule has 1 aliphatic heterocycles. The van der Waals surface area contributed by atoms with E-state index in [0.717, 1.165) is 35.6 Å². The Bertz CT molecular complexity index is 1220. The Hall–Kier alpha value is -2.56. The van der Waals surface area contributed by atoms with Crippen LogP contribution < -0.4 is 5.32 Å². The number of halogens is 1. The fourth-order valence-electron chi connectivity index (χ4n) is 3.04. The van der Waals surface area contributed by atoms with Gasteiger partial charge in [0.25, 0.3) is 11.1 Å². The summed E-state index contributed by atoms with van der Waals surface area (Å²) in [6.45, 7) is 1.74. The Kier molecular flexibility index (Phi) is 7.56. The van der Waals surface area contributed by atoms with Crippen LogP contribution in [0.5, 0.6) is 0 Å². The third-order valence-corrected chi connectivity index (χ3v) is 7.38. The molecule has 3 aromatic carbocycles. The van der Waals surface area contributed by atoms with E-state index in [4.69, 9.17) is 0 Å². The number of carbonyl (C=O) groups excluding carboxylic acids is 3. The van der Waals surface area contributed by atoms with E-state index in [1.807, 2.05) is 36.4 Å². The molecule has 33 heavy (non-hydrogen) atoms. The summed E-state index contributed by atoms with van der Waals surface area (Å²) < 4.78 is 1.04. The fourth-order valence-corrected chi connectivity index (χ4v) is 5.05. The summed E-state index contributed by atoms with van der Waals surface area (Å²) in [6, 6.07) is 23.4. The Morgan fingerprint density at radius 2 is 1.58 bits per heavy atom. The van der Waals surface area contributed by atoms with Gasteiger partial charge >= 0.3 is 0 Å². The maximum Gasteiger partial charge on any atom is 0.294 e. The summed E-state index contributed by atoms with van der Waals surface area (Å²) in [6.07, 6.45) is 1.68. The van der Waals surface area contributed by atoms with Crippen molar-refractivity contribution in [2.24, 2.45) is 0 Å². The number of imide groups is 1. The Balaban J connectivity index is 1.39. The molecule has 0 aromatic heterocycles. The van der Waals surface area contributed by atoms with Crippen LogP contribution in [0.4, 0.5) is 10.5 Å². The number of carbonyl (C=O) groups is 3. The minimum atomic E-state index is -0.458. The van der Waals surface area contributed by atoms with Crippen LogP contribution in [0.1, 0.15) is 11.1 Å². The van der Waals surface area contributed by atoms with Gasteiger partial charge in [-0.25, -0.2) is 0 Å². The quantitative estimate of drug-likeness (QED) is 0.267. The second kappa shape index (κ2) is 10.6. The second-order valence-electron chi connectivity index (χ2n) is 7.31. The standard InChI is InChI=1S/C25H19IN2O3S2/c1-16-2-10-20(11-3-16)32-21-12-4-17(5-13-21)14-22-24(30)28(25(31)33-22)15-23(29)27-19-8-6-18(26)7-9-19/h2-14H,15H2,1H3,(H,27,29)/b22-14-. The van der Waals surface area contributed by atoms with Gasteiger partial charge in [-0.3, -0.25) is 19.3 Å². The normalized spacial score (nSPS) is 14.7. The van der Waals surface area contributed by atoms with Gasteiger partial charge < -0.3 is 5.32 Å². The number of benzene rings is 3. The molecule has 0 unspecified atom stereocenters. The number of nitrogens with one attached hydrogen (secondary N) is 1. The lowest BCUT2D eigenvalue weighted by Gasteiger charge is -2.12. The highest BCUT2D eigenvalue weighted by atomic mass is 127. The Morgan fingerprint density at radius 3 is 2.21 bits per heavy atom. The molecule has 3 aromatic rings. The van der Waals surface area contributed by atoms with Crippen molar-refractivity contribution in [1.82, 2.24) is 4.90 Å². The first kappa shape index (κ1) is 23.6. The monoisotopic (exact) mass is 586 g/mol. The van der Waals surface area contributed by atoms with Crippen molar-refractivity contribution in [3.63, 3.8) is 0 Å². The highest BCUT2D eigenvalue weighted by molar-refractivity contribution is 14.1. The molecule has 0 radical (unpaired) electrons. The van der Waals surface area contributed by atoms with Gasteiger partial charge in [-0.1, -0.05) is 41.6 Å².